The molecular weight excluding hydrogens is 316 g/mol. The standard InChI is InChI=1S/C17H23F2N3O2/c1-20-16(23)9-12-4-5-13(22(12)2)10-21-17(24)8-11-3-6-14(18)15(19)7-11/h3,6-7,12-13H,4-5,8-10H2,1-2H3,(H,20,23)(H,21,24)/t12-,13+/m1/s1. The van der Waals surface area contributed by atoms with Crippen LogP contribution in [0.5, 0.6) is 0 Å². The SMILES string of the molecule is CNC(=O)C[C@H]1CC[C@@H](CNC(=O)Cc2ccc(F)c(F)c2)N1C. The summed E-state index contributed by atoms with van der Waals surface area (Å²) in [5.74, 6) is -2.10. The quantitative estimate of drug-likeness (QED) is 0.819. The van der Waals surface area contributed by atoms with E-state index in [1.165, 1.54) is 6.07 Å². The summed E-state index contributed by atoms with van der Waals surface area (Å²) in [6.07, 6.45) is 2.28. The zero-order chi connectivity index (χ0) is 17.7. The third-order valence-electron chi connectivity index (χ3n) is 4.57. The second-order valence-electron chi connectivity index (χ2n) is 6.16. The summed E-state index contributed by atoms with van der Waals surface area (Å²) in [5.41, 5.74) is 0.434. The van der Waals surface area contributed by atoms with Gasteiger partial charge in [0.1, 0.15) is 0 Å². The van der Waals surface area contributed by atoms with E-state index in [9.17, 15) is 18.4 Å². The molecule has 5 nitrogen and oxygen atoms in total. The monoisotopic (exact) mass is 339 g/mol. The summed E-state index contributed by atoms with van der Waals surface area (Å²) in [4.78, 5) is 25.6. The molecule has 2 amide bonds. The molecule has 0 saturated carbocycles. The zero-order valence-corrected chi connectivity index (χ0v) is 13.9. The number of nitrogens with one attached hydrogen (secondary N) is 2. The molecular formula is C17H23F2N3O2. The van der Waals surface area contributed by atoms with Crippen molar-refractivity contribution in [2.45, 2.75) is 37.8 Å². The average Bonchev–Trinajstić information content (AvgIpc) is 2.89. The van der Waals surface area contributed by atoms with E-state index in [0.717, 1.165) is 25.0 Å². The van der Waals surface area contributed by atoms with E-state index in [-0.39, 0.29) is 30.3 Å². The molecule has 1 aliphatic heterocycles. The van der Waals surface area contributed by atoms with Gasteiger partial charge in [0.25, 0.3) is 0 Å². The molecule has 1 aromatic carbocycles. The van der Waals surface area contributed by atoms with Crippen molar-refractivity contribution in [1.82, 2.24) is 15.5 Å². The van der Waals surface area contributed by atoms with Crippen LogP contribution in [0.2, 0.25) is 0 Å². The van der Waals surface area contributed by atoms with Crippen molar-refractivity contribution in [3.8, 4) is 0 Å². The Hall–Kier alpha value is -2.02. The minimum absolute atomic E-state index is 0.00914. The largest absolute Gasteiger partial charge is 0.359 e. The predicted molar refractivity (Wildman–Crippen MR) is 86.3 cm³/mol. The van der Waals surface area contributed by atoms with Gasteiger partial charge in [0.05, 0.1) is 6.42 Å². The molecule has 0 unspecified atom stereocenters. The fraction of sp³-hybridized carbons (Fsp3) is 0.529. The number of rotatable bonds is 6. The maximum absolute atomic E-state index is 13.1. The molecule has 2 N–H and O–H groups in total. The third kappa shape index (κ3) is 4.74. The molecule has 24 heavy (non-hydrogen) atoms. The van der Waals surface area contributed by atoms with E-state index in [1.807, 2.05) is 7.05 Å². The maximum Gasteiger partial charge on any atom is 0.224 e. The smallest absolute Gasteiger partial charge is 0.224 e. The number of amides is 2. The summed E-state index contributed by atoms with van der Waals surface area (Å²) >= 11 is 0. The van der Waals surface area contributed by atoms with Crippen LogP contribution in [0.25, 0.3) is 0 Å². The van der Waals surface area contributed by atoms with Crippen LogP contribution < -0.4 is 10.6 Å². The maximum atomic E-state index is 13.1. The highest BCUT2D eigenvalue weighted by Gasteiger charge is 2.31. The van der Waals surface area contributed by atoms with Crippen molar-refractivity contribution in [2.24, 2.45) is 0 Å². The summed E-state index contributed by atoms with van der Waals surface area (Å²) < 4.78 is 26.0. The molecule has 0 bridgehead atoms. The second-order valence-corrected chi connectivity index (χ2v) is 6.16. The lowest BCUT2D eigenvalue weighted by atomic mass is 10.1. The van der Waals surface area contributed by atoms with E-state index in [1.54, 1.807) is 7.05 Å². The summed E-state index contributed by atoms with van der Waals surface area (Å²) in [6.45, 7) is 0.475. The fourth-order valence-electron chi connectivity index (χ4n) is 3.03. The van der Waals surface area contributed by atoms with Crippen LogP contribution in [-0.2, 0) is 16.0 Å². The second kappa shape index (κ2) is 8.19. The number of likely N-dealkylation sites (tertiary alicyclic amines) is 1. The van der Waals surface area contributed by atoms with Crippen molar-refractivity contribution in [1.29, 1.82) is 0 Å². The summed E-state index contributed by atoms with van der Waals surface area (Å²) in [6, 6.07) is 3.81. The third-order valence-corrected chi connectivity index (χ3v) is 4.57. The minimum Gasteiger partial charge on any atom is -0.359 e. The number of carbonyl (C=O) groups excluding carboxylic acids is 2. The van der Waals surface area contributed by atoms with Gasteiger partial charge in [0.2, 0.25) is 11.8 Å². The van der Waals surface area contributed by atoms with Crippen molar-refractivity contribution >= 4 is 11.8 Å². The molecule has 0 aromatic heterocycles. The van der Waals surface area contributed by atoms with E-state index in [4.69, 9.17) is 0 Å². The Morgan fingerprint density at radius 3 is 2.54 bits per heavy atom. The lowest BCUT2D eigenvalue weighted by Crippen LogP contribution is -2.42. The predicted octanol–water partition coefficient (Wildman–Crippen LogP) is 1.22. The molecule has 1 saturated heterocycles. The number of carbonyl (C=O) groups is 2. The van der Waals surface area contributed by atoms with Crippen LogP contribution in [0.1, 0.15) is 24.8 Å². The van der Waals surface area contributed by atoms with Gasteiger partial charge in [-0.1, -0.05) is 6.07 Å². The van der Waals surface area contributed by atoms with Gasteiger partial charge in [0, 0.05) is 32.1 Å². The number of benzene rings is 1. The molecule has 1 aliphatic rings. The van der Waals surface area contributed by atoms with Crippen LogP contribution in [0.3, 0.4) is 0 Å². The lowest BCUT2D eigenvalue weighted by Gasteiger charge is -2.25. The topological polar surface area (TPSA) is 61.4 Å². The van der Waals surface area contributed by atoms with E-state index in [2.05, 4.69) is 15.5 Å². The number of halogens is 2. The van der Waals surface area contributed by atoms with Gasteiger partial charge in [-0.05, 0) is 37.6 Å². The van der Waals surface area contributed by atoms with Crippen molar-refractivity contribution in [3.63, 3.8) is 0 Å². The van der Waals surface area contributed by atoms with Crippen molar-refractivity contribution < 1.29 is 18.4 Å². The van der Waals surface area contributed by atoms with Crippen molar-refractivity contribution in [2.75, 3.05) is 20.6 Å². The molecule has 0 radical (unpaired) electrons. The van der Waals surface area contributed by atoms with Gasteiger partial charge in [-0.2, -0.15) is 0 Å². The lowest BCUT2D eigenvalue weighted by molar-refractivity contribution is -0.122. The van der Waals surface area contributed by atoms with Gasteiger partial charge in [-0.3, -0.25) is 14.5 Å². The van der Waals surface area contributed by atoms with Crippen LogP contribution in [0.4, 0.5) is 8.78 Å². The number of hydrogen-bond acceptors (Lipinski definition) is 3. The molecule has 1 heterocycles. The Kier molecular flexibility index (Phi) is 6.25. The number of nitrogens with zero attached hydrogens (tertiary/aromatic N) is 1. The zero-order valence-electron chi connectivity index (χ0n) is 13.9. The van der Waals surface area contributed by atoms with Crippen LogP contribution in [0, 0.1) is 11.6 Å². The average molecular weight is 339 g/mol. The van der Waals surface area contributed by atoms with Gasteiger partial charge >= 0.3 is 0 Å². The van der Waals surface area contributed by atoms with Crippen LogP contribution in [0.15, 0.2) is 18.2 Å². The highest BCUT2D eigenvalue weighted by molar-refractivity contribution is 5.78. The normalized spacial score (nSPS) is 20.8. The van der Waals surface area contributed by atoms with Gasteiger partial charge < -0.3 is 10.6 Å². The molecule has 1 aromatic rings. The van der Waals surface area contributed by atoms with Gasteiger partial charge in [0.15, 0.2) is 11.6 Å². The highest BCUT2D eigenvalue weighted by atomic mass is 19.2. The number of hydrogen-bond donors (Lipinski definition) is 2. The molecule has 0 aliphatic carbocycles. The Balaban J connectivity index is 1.79. The Morgan fingerprint density at radius 2 is 1.88 bits per heavy atom. The molecule has 132 valence electrons. The van der Waals surface area contributed by atoms with Crippen LogP contribution >= 0.6 is 0 Å². The van der Waals surface area contributed by atoms with Gasteiger partial charge in [-0.15, -0.1) is 0 Å². The number of likely N-dealkylation sites (N-methyl/N-ethyl adjacent to an activating group) is 1. The molecule has 7 heteroatoms. The highest BCUT2D eigenvalue weighted by Crippen LogP contribution is 2.24. The first kappa shape index (κ1) is 18.3. The van der Waals surface area contributed by atoms with Crippen LogP contribution in [-0.4, -0.2) is 49.4 Å². The summed E-state index contributed by atoms with van der Waals surface area (Å²) in [5, 5.41) is 5.45. The van der Waals surface area contributed by atoms with E-state index >= 15 is 0 Å². The molecule has 0 spiro atoms. The summed E-state index contributed by atoms with van der Waals surface area (Å²) in [7, 11) is 3.57. The van der Waals surface area contributed by atoms with E-state index in [0.29, 0.717) is 18.5 Å². The first-order chi connectivity index (χ1) is 11.4. The minimum atomic E-state index is -0.951. The van der Waals surface area contributed by atoms with Gasteiger partial charge in [-0.25, -0.2) is 8.78 Å². The van der Waals surface area contributed by atoms with Crippen molar-refractivity contribution in [3.05, 3.63) is 35.4 Å². The Bertz CT molecular complexity index is 609. The molecule has 2 atom stereocenters. The van der Waals surface area contributed by atoms with E-state index < -0.39 is 11.6 Å². The Morgan fingerprint density at radius 1 is 1.17 bits per heavy atom. The molecule has 2 rings (SSSR count). The Labute approximate surface area is 140 Å². The first-order valence-electron chi connectivity index (χ1n) is 8.04. The molecule has 1 fully saturated rings. The first-order valence-corrected chi connectivity index (χ1v) is 8.04. The fourth-order valence-corrected chi connectivity index (χ4v) is 3.03.